The molecule has 8 nitrogen and oxygen atoms in total. The summed E-state index contributed by atoms with van der Waals surface area (Å²) in [4.78, 5) is 22.0. The van der Waals surface area contributed by atoms with E-state index in [0.29, 0.717) is 5.56 Å². The van der Waals surface area contributed by atoms with E-state index in [4.69, 9.17) is 0 Å². The summed E-state index contributed by atoms with van der Waals surface area (Å²) in [6.45, 7) is 5.35. The third-order valence-corrected chi connectivity index (χ3v) is 9.40. The number of pyridine rings is 1. The molecule has 1 N–H and O–H groups in total. The van der Waals surface area contributed by atoms with Gasteiger partial charge in [-0.15, -0.1) is 5.10 Å². The molecule has 1 saturated heterocycles. The van der Waals surface area contributed by atoms with E-state index in [1.807, 2.05) is 23.7 Å². The van der Waals surface area contributed by atoms with Crippen LogP contribution in [0.25, 0.3) is 10.9 Å². The number of hydrogen-bond donors (Lipinski definition) is 1. The molecular formula is C35H39N7O. The summed E-state index contributed by atoms with van der Waals surface area (Å²) in [5, 5.41) is 14.4. The van der Waals surface area contributed by atoms with Gasteiger partial charge in [0.1, 0.15) is 6.04 Å². The van der Waals surface area contributed by atoms with E-state index in [1.165, 1.54) is 30.4 Å². The topological polar surface area (TPSA) is 82.9 Å². The van der Waals surface area contributed by atoms with Crippen LogP contribution < -0.4 is 5.56 Å². The minimum absolute atomic E-state index is 0.0705. The number of piperazine rings is 1. The van der Waals surface area contributed by atoms with Gasteiger partial charge in [-0.1, -0.05) is 98.1 Å². The zero-order valence-electron chi connectivity index (χ0n) is 24.8. The summed E-state index contributed by atoms with van der Waals surface area (Å²) in [7, 11) is 0. The number of hydrogen-bond acceptors (Lipinski definition) is 6. The van der Waals surface area contributed by atoms with Crippen molar-refractivity contribution >= 4 is 10.9 Å². The SMILES string of the molecule is Cc1cccc2cc([C@@H](c3nnnn3C3CCCCC3)N3CCN(C(c4ccccc4)c4ccccc4)CC3)c(=O)[nH]c12. The van der Waals surface area contributed by atoms with Gasteiger partial charge in [-0.3, -0.25) is 14.6 Å². The van der Waals surface area contributed by atoms with Crippen LogP contribution >= 0.6 is 0 Å². The van der Waals surface area contributed by atoms with Gasteiger partial charge >= 0.3 is 0 Å². The first-order valence-electron chi connectivity index (χ1n) is 15.7. The standard InChI is InChI=1S/C35H39N7O/c1-25-12-11-17-28-24-30(35(43)36-31(25)28)33(34-37-38-39-42(34)29-18-9-4-10-19-29)41-22-20-40(21-23-41)32(26-13-5-2-6-14-26)27-15-7-3-8-16-27/h2-3,5-8,11-17,24,29,32-33H,4,9-10,18-23H2,1H3,(H,36,43)/t33-/m0/s1. The summed E-state index contributed by atoms with van der Waals surface area (Å²) in [6.07, 6.45) is 5.77. The van der Waals surface area contributed by atoms with Crippen molar-refractivity contribution in [1.29, 1.82) is 0 Å². The number of rotatable bonds is 7. The minimum atomic E-state index is -0.334. The van der Waals surface area contributed by atoms with E-state index in [0.717, 1.165) is 61.3 Å². The molecule has 0 radical (unpaired) electrons. The van der Waals surface area contributed by atoms with Crippen LogP contribution in [0.2, 0.25) is 0 Å². The molecular weight excluding hydrogens is 534 g/mol. The number of H-pyrrole nitrogens is 1. The quantitative estimate of drug-likeness (QED) is 0.264. The first kappa shape index (κ1) is 27.7. The molecule has 220 valence electrons. The van der Waals surface area contributed by atoms with Crippen LogP contribution in [0, 0.1) is 6.92 Å². The molecule has 0 spiro atoms. The van der Waals surface area contributed by atoms with E-state index in [1.54, 1.807) is 0 Å². The number of benzene rings is 3. The maximum absolute atomic E-state index is 13.8. The normalized spacial score (nSPS) is 17.9. The molecule has 43 heavy (non-hydrogen) atoms. The lowest BCUT2D eigenvalue weighted by Crippen LogP contribution is -2.50. The van der Waals surface area contributed by atoms with Crippen LogP contribution in [-0.2, 0) is 0 Å². The Hall–Kier alpha value is -4.14. The molecule has 8 heteroatoms. The molecule has 2 aromatic heterocycles. The van der Waals surface area contributed by atoms with Gasteiger partial charge in [0.2, 0.25) is 0 Å². The van der Waals surface area contributed by atoms with Gasteiger partial charge in [-0.05, 0) is 58.3 Å². The van der Waals surface area contributed by atoms with E-state index < -0.39 is 0 Å². The zero-order chi connectivity index (χ0) is 29.2. The van der Waals surface area contributed by atoms with Crippen LogP contribution in [0.4, 0.5) is 0 Å². The largest absolute Gasteiger partial charge is 0.321 e. The Bertz CT molecular complexity index is 1680. The van der Waals surface area contributed by atoms with Crippen molar-refractivity contribution in [3.05, 3.63) is 123 Å². The predicted molar refractivity (Wildman–Crippen MR) is 169 cm³/mol. The van der Waals surface area contributed by atoms with E-state index in [-0.39, 0.29) is 23.7 Å². The molecule has 0 amide bonds. The Morgan fingerprint density at radius 1 is 0.767 bits per heavy atom. The van der Waals surface area contributed by atoms with Crippen molar-refractivity contribution in [3.63, 3.8) is 0 Å². The average molecular weight is 574 g/mol. The smallest absolute Gasteiger partial charge is 0.253 e. The first-order chi connectivity index (χ1) is 21.2. The van der Waals surface area contributed by atoms with Gasteiger partial charge < -0.3 is 4.98 Å². The third kappa shape index (κ3) is 5.53. The van der Waals surface area contributed by atoms with Crippen LogP contribution in [-0.4, -0.2) is 61.2 Å². The summed E-state index contributed by atoms with van der Waals surface area (Å²) in [5.41, 5.74) is 5.17. The molecule has 0 bridgehead atoms. The van der Waals surface area contributed by atoms with Crippen molar-refractivity contribution in [1.82, 2.24) is 35.0 Å². The van der Waals surface area contributed by atoms with Crippen LogP contribution in [0.3, 0.4) is 0 Å². The maximum atomic E-state index is 13.8. The molecule has 1 aliphatic carbocycles. The van der Waals surface area contributed by atoms with E-state index >= 15 is 0 Å². The molecule has 1 aliphatic heterocycles. The maximum Gasteiger partial charge on any atom is 0.253 e. The summed E-state index contributed by atoms with van der Waals surface area (Å²) < 4.78 is 2.03. The Kier molecular flexibility index (Phi) is 7.87. The van der Waals surface area contributed by atoms with Crippen molar-refractivity contribution in [2.75, 3.05) is 26.2 Å². The summed E-state index contributed by atoms with van der Waals surface area (Å²) in [5.74, 6) is 0.778. The van der Waals surface area contributed by atoms with Gasteiger partial charge in [-0.2, -0.15) is 0 Å². The van der Waals surface area contributed by atoms with Crippen molar-refractivity contribution in [2.45, 2.75) is 57.2 Å². The fourth-order valence-corrected chi connectivity index (χ4v) is 7.21. The molecule has 7 rings (SSSR count). The second kappa shape index (κ2) is 12.2. The molecule has 3 heterocycles. The van der Waals surface area contributed by atoms with Gasteiger partial charge in [0, 0.05) is 31.7 Å². The lowest BCUT2D eigenvalue weighted by atomic mass is 9.94. The average Bonchev–Trinajstić information content (AvgIpc) is 3.54. The van der Waals surface area contributed by atoms with Crippen molar-refractivity contribution in [2.24, 2.45) is 0 Å². The molecule has 2 fully saturated rings. The zero-order valence-corrected chi connectivity index (χ0v) is 24.8. The number of para-hydroxylation sites is 1. The lowest BCUT2D eigenvalue weighted by molar-refractivity contribution is 0.0845. The number of tetrazole rings is 1. The van der Waals surface area contributed by atoms with Gasteiger partial charge in [0.25, 0.3) is 5.56 Å². The Morgan fingerprint density at radius 3 is 2.05 bits per heavy atom. The van der Waals surface area contributed by atoms with Crippen LogP contribution in [0.5, 0.6) is 0 Å². The lowest BCUT2D eigenvalue weighted by Gasteiger charge is -2.42. The molecule has 3 aromatic carbocycles. The number of fused-ring (bicyclic) bond motifs is 1. The number of aromatic amines is 1. The summed E-state index contributed by atoms with van der Waals surface area (Å²) >= 11 is 0. The highest BCUT2D eigenvalue weighted by Crippen LogP contribution is 2.35. The van der Waals surface area contributed by atoms with Gasteiger partial charge in [0.15, 0.2) is 5.82 Å². The van der Waals surface area contributed by atoms with E-state index in [9.17, 15) is 4.79 Å². The Labute approximate surface area is 252 Å². The van der Waals surface area contributed by atoms with Gasteiger partial charge in [0.05, 0.1) is 17.6 Å². The number of aromatic nitrogens is 5. The summed E-state index contributed by atoms with van der Waals surface area (Å²) in [6, 6.07) is 29.9. The predicted octanol–water partition coefficient (Wildman–Crippen LogP) is 5.82. The Balaban J connectivity index is 1.25. The highest BCUT2D eigenvalue weighted by atomic mass is 16.1. The van der Waals surface area contributed by atoms with Gasteiger partial charge in [-0.25, -0.2) is 4.68 Å². The third-order valence-electron chi connectivity index (χ3n) is 9.40. The molecule has 1 atom stereocenters. The van der Waals surface area contributed by atoms with Crippen LogP contribution in [0.1, 0.15) is 78.3 Å². The Morgan fingerprint density at radius 2 is 1.40 bits per heavy atom. The highest BCUT2D eigenvalue weighted by molar-refractivity contribution is 5.82. The monoisotopic (exact) mass is 573 g/mol. The first-order valence-corrected chi connectivity index (χ1v) is 15.7. The molecule has 5 aromatic rings. The highest BCUT2D eigenvalue weighted by Gasteiger charge is 2.36. The molecule has 2 aliphatic rings. The number of aryl methyl sites for hydroxylation is 1. The minimum Gasteiger partial charge on any atom is -0.321 e. The van der Waals surface area contributed by atoms with E-state index in [2.05, 4.69) is 103 Å². The number of nitrogens with one attached hydrogen (secondary N) is 1. The second-order valence-electron chi connectivity index (χ2n) is 12.1. The van der Waals surface area contributed by atoms with Crippen molar-refractivity contribution in [3.8, 4) is 0 Å². The number of nitrogens with zero attached hydrogens (tertiary/aromatic N) is 6. The van der Waals surface area contributed by atoms with Crippen molar-refractivity contribution < 1.29 is 0 Å². The fraction of sp³-hybridized carbons (Fsp3) is 0.371. The molecule has 1 saturated carbocycles. The molecule has 0 unspecified atom stereocenters. The van der Waals surface area contributed by atoms with Crippen LogP contribution in [0.15, 0.2) is 89.7 Å². The second-order valence-corrected chi connectivity index (χ2v) is 12.1. The fourth-order valence-electron chi connectivity index (χ4n) is 7.21.